The van der Waals surface area contributed by atoms with E-state index in [2.05, 4.69) is 5.32 Å². The highest BCUT2D eigenvalue weighted by molar-refractivity contribution is 5.82. The molecule has 0 atom stereocenters. The van der Waals surface area contributed by atoms with E-state index in [0.29, 0.717) is 0 Å². The number of amides is 1. The Morgan fingerprint density at radius 2 is 2.00 bits per heavy atom. The molecule has 1 rings (SSSR count). The second-order valence-corrected chi connectivity index (χ2v) is 4.46. The van der Waals surface area contributed by atoms with Gasteiger partial charge in [-0.15, -0.1) is 0 Å². The molecule has 0 unspecified atom stereocenters. The second-order valence-electron chi connectivity index (χ2n) is 4.46. The Morgan fingerprint density at radius 1 is 1.47 bits per heavy atom. The lowest BCUT2D eigenvalue weighted by Crippen LogP contribution is -2.44. The third-order valence-electron chi connectivity index (χ3n) is 2.99. The average molecular weight is 221 g/mol. The Labute approximate surface area is 87.9 Å². The lowest BCUT2D eigenvalue weighted by atomic mass is 9.88. The fraction of sp³-hybridized carbons (Fsp3) is 0.900. The molecular formula is C10H17F2NO2. The monoisotopic (exact) mass is 221 g/mol. The van der Waals surface area contributed by atoms with Crippen LogP contribution in [0.5, 0.6) is 0 Å². The summed E-state index contributed by atoms with van der Waals surface area (Å²) >= 11 is 0. The van der Waals surface area contributed by atoms with Crippen LogP contribution in [-0.2, 0) is 4.79 Å². The van der Waals surface area contributed by atoms with Crippen molar-refractivity contribution in [3.8, 4) is 0 Å². The molecule has 0 aliphatic heterocycles. The van der Waals surface area contributed by atoms with Crippen LogP contribution in [0.2, 0.25) is 0 Å². The number of aliphatic hydroxyl groups excluding tert-OH is 1. The number of carbonyl (C=O) groups is 1. The van der Waals surface area contributed by atoms with Crippen molar-refractivity contribution in [2.75, 3.05) is 13.2 Å². The molecule has 3 nitrogen and oxygen atoms in total. The first-order valence-electron chi connectivity index (χ1n) is 5.17. The fourth-order valence-corrected chi connectivity index (χ4v) is 1.86. The summed E-state index contributed by atoms with van der Waals surface area (Å²) in [7, 11) is 0. The number of hydrogen-bond acceptors (Lipinski definition) is 2. The summed E-state index contributed by atoms with van der Waals surface area (Å²) in [6, 6.07) is 0. The molecule has 5 heteroatoms. The lowest BCUT2D eigenvalue weighted by Gasteiger charge is -2.23. The van der Waals surface area contributed by atoms with Gasteiger partial charge in [0.25, 0.3) is 5.92 Å². The van der Waals surface area contributed by atoms with Crippen molar-refractivity contribution < 1.29 is 18.7 Å². The van der Waals surface area contributed by atoms with E-state index in [0.717, 1.165) is 25.7 Å². The molecule has 88 valence electrons. The van der Waals surface area contributed by atoms with E-state index < -0.39 is 24.5 Å². The van der Waals surface area contributed by atoms with E-state index in [4.69, 9.17) is 5.11 Å². The smallest absolute Gasteiger partial charge is 0.287 e. The molecule has 0 aromatic carbocycles. The molecular weight excluding hydrogens is 204 g/mol. The fourth-order valence-electron chi connectivity index (χ4n) is 1.86. The summed E-state index contributed by atoms with van der Waals surface area (Å²) in [5.74, 6) is -3.54. The summed E-state index contributed by atoms with van der Waals surface area (Å²) in [5.41, 5.74) is -0.495. The van der Waals surface area contributed by atoms with Gasteiger partial charge in [0, 0.05) is 5.41 Å². The summed E-state index contributed by atoms with van der Waals surface area (Å²) < 4.78 is 25.3. The van der Waals surface area contributed by atoms with E-state index in [1.54, 1.807) is 6.92 Å². The van der Waals surface area contributed by atoms with Crippen LogP contribution in [0, 0.1) is 5.41 Å². The van der Waals surface area contributed by atoms with E-state index >= 15 is 0 Å². The SMILES string of the molecule is CC1(C(=O)NCC(F)(F)CO)CCCC1. The van der Waals surface area contributed by atoms with E-state index in [1.807, 2.05) is 0 Å². The standard InChI is InChI=1S/C10H17F2NO2/c1-9(4-2-3-5-9)8(15)13-6-10(11,12)7-14/h14H,2-7H2,1H3,(H,13,15). The van der Waals surface area contributed by atoms with Crippen LogP contribution in [0.4, 0.5) is 8.78 Å². The molecule has 0 spiro atoms. The zero-order chi connectivity index (χ0) is 11.5. The molecule has 0 bridgehead atoms. The Hall–Kier alpha value is -0.710. The van der Waals surface area contributed by atoms with Crippen molar-refractivity contribution in [1.29, 1.82) is 0 Å². The highest BCUT2D eigenvalue weighted by atomic mass is 19.3. The molecule has 1 aliphatic rings. The van der Waals surface area contributed by atoms with Crippen molar-refractivity contribution in [1.82, 2.24) is 5.32 Å². The summed E-state index contributed by atoms with van der Waals surface area (Å²) in [4.78, 5) is 11.6. The number of halogens is 2. The van der Waals surface area contributed by atoms with Gasteiger partial charge < -0.3 is 10.4 Å². The largest absolute Gasteiger partial charge is 0.390 e. The van der Waals surface area contributed by atoms with Crippen molar-refractivity contribution in [3.63, 3.8) is 0 Å². The zero-order valence-corrected chi connectivity index (χ0v) is 8.85. The summed E-state index contributed by atoms with van der Waals surface area (Å²) in [6.07, 6.45) is 3.45. The predicted molar refractivity (Wildman–Crippen MR) is 51.6 cm³/mol. The van der Waals surface area contributed by atoms with Gasteiger partial charge in [-0.25, -0.2) is 8.78 Å². The molecule has 0 aromatic rings. The minimum absolute atomic E-state index is 0.326. The molecule has 0 aromatic heterocycles. The Kier molecular flexibility index (Phi) is 3.65. The van der Waals surface area contributed by atoms with Gasteiger partial charge >= 0.3 is 0 Å². The van der Waals surface area contributed by atoms with Crippen molar-refractivity contribution >= 4 is 5.91 Å². The maximum absolute atomic E-state index is 12.7. The van der Waals surface area contributed by atoms with Gasteiger partial charge in [-0.1, -0.05) is 19.8 Å². The minimum Gasteiger partial charge on any atom is -0.390 e. The van der Waals surface area contributed by atoms with Gasteiger partial charge in [0.1, 0.15) is 6.61 Å². The van der Waals surface area contributed by atoms with Gasteiger partial charge in [0.05, 0.1) is 6.54 Å². The van der Waals surface area contributed by atoms with Crippen LogP contribution in [0.25, 0.3) is 0 Å². The second kappa shape index (κ2) is 4.43. The molecule has 0 saturated heterocycles. The van der Waals surface area contributed by atoms with Crippen molar-refractivity contribution in [3.05, 3.63) is 0 Å². The Bertz CT molecular complexity index is 238. The Morgan fingerprint density at radius 3 is 2.47 bits per heavy atom. The average Bonchev–Trinajstić information content (AvgIpc) is 2.63. The topological polar surface area (TPSA) is 49.3 Å². The minimum atomic E-state index is -3.22. The maximum atomic E-state index is 12.7. The maximum Gasteiger partial charge on any atom is 0.287 e. The molecule has 15 heavy (non-hydrogen) atoms. The van der Waals surface area contributed by atoms with Crippen LogP contribution in [0.1, 0.15) is 32.6 Å². The number of hydrogen-bond donors (Lipinski definition) is 2. The molecule has 0 radical (unpaired) electrons. The number of alkyl halides is 2. The van der Waals surface area contributed by atoms with Gasteiger partial charge in [0.15, 0.2) is 0 Å². The predicted octanol–water partition coefficient (Wildman–Crippen LogP) is 1.31. The zero-order valence-electron chi connectivity index (χ0n) is 8.85. The van der Waals surface area contributed by atoms with Gasteiger partial charge in [-0.3, -0.25) is 4.79 Å². The highest BCUT2D eigenvalue weighted by Crippen LogP contribution is 2.37. The first-order valence-corrected chi connectivity index (χ1v) is 5.17. The van der Waals surface area contributed by atoms with Crippen LogP contribution in [0.15, 0.2) is 0 Å². The summed E-state index contributed by atoms with van der Waals surface area (Å²) in [5, 5.41) is 10.5. The van der Waals surface area contributed by atoms with Crippen LogP contribution < -0.4 is 5.32 Å². The van der Waals surface area contributed by atoms with Crippen molar-refractivity contribution in [2.24, 2.45) is 5.41 Å². The number of aliphatic hydroxyl groups is 1. The summed E-state index contributed by atoms with van der Waals surface area (Å²) in [6.45, 7) is -0.214. The van der Waals surface area contributed by atoms with Crippen LogP contribution >= 0.6 is 0 Å². The van der Waals surface area contributed by atoms with Crippen LogP contribution in [-0.4, -0.2) is 30.1 Å². The lowest BCUT2D eigenvalue weighted by molar-refractivity contribution is -0.132. The van der Waals surface area contributed by atoms with Gasteiger partial charge in [0.2, 0.25) is 5.91 Å². The molecule has 1 fully saturated rings. The molecule has 1 amide bonds. The van der Waals surface area contributed by atoms with Gasteiger partial charge in [-0.2, -0.15) is 0 Å². The highest BCUT2D eigenvalue weighted by Gasteiger charge is 2.38. The first kappa shape index (κ1) is 12.4. The number of nitrogens with one attached hydrogen (secondary N) is 1. The molecule has 1 saturated carbocycles. The van der Waals surface area contributed by atoms with Crippen molar-refractivity contribution in [2.45, 2.75) is 38.5 Å². The van der Waals surface area contributed by atoms with E-state index in [1.165, 1.54) is 0 Å². The Balaban J connectivity index is 2.42. The third-order valence-corrected chi connectivity index (χ3v) is 2.99. The van der Waals surface area contributed by atoms with Gasteiger partial charge in [-0.05, 0) is 12.8 Å². The first-order chi connectivity index (χ1) is 6.90. The van der Waals surface area contributed by atoms with E-state index in [9.17, 15) is 13.6 Å². The third kappa shape index (κ3) is 3.12. The molecule has 0 heterocycles. The normalized spacial score (nSPS) is 20.3. The molecule has 2 N–H and O–H groups in total. The quantitative estimate of drug-likeness (QED) is 0.752. The number of rotatable bonds is 4. The number of carbonyl (C=O) groups excluding carboxylic acids is 1. The van der Waals surface area contributed by atoms with E-state index in [-0.39, 0.29) is 5.91 Å². The molecule has 1 aliphatic carbocycles. The van der Waals surface area contributed by atoms with Crippen LogP contribution in [0.3, 0.4) is 0 Å².